The molecule has 4 rings (SSSR count). The maximum Gasteiger partial charge on any atom is 0.253 e. The highest BCUT2D eigenvalue weighted by Crippen LogP contribution is 2.32. The Balaban J connectivity index is 0.00000240. The van der Waals surface area contributed by atoms with E-state index in [0.717, 1.165) is 17.1 Å². The third-order valence-electron chi connectivity index (χ3n) is 5.63. The molecule has 5 nitrogen and oxygen atoms in total. The van der Waals surface area contributed by atoms with Gasteiger partial charge in [0.2, 0.25) is 0 Å². The molecule has 1 amide bonds. The molecule has 2 N–H and O–H groups in total. The molecular weight excluding hydrogens is 384 g/mol. The number of benzene rings is 2. The van der Waals surface area contributed by atoms with Gasteiger partial charge in [0, 0.05) is 30.3 Å². The number of halogens is 1. The Morgan fingerprint density at radius 1 is 1.07 bits per heavy atom. The summed E-state index contributed by atoms with van der Waals surface area (Å²) in [5.41, 5.74) is 11.0. The second-order valence-electron chi connectivity index (χ2n) is 7.61. The largest absolute Gasteiger partial charge is 0.338 e. The SMILES string of the molecule is Cc1cc(C)n(-c2ccc(C(=O)N3C[C@@H](CN)[C@H](c4ccccc4)C3)cc2)n1.Cl. The fourth-order valence-corrected chi connectivity index (χ4v) is 4.17. The van der Waals surface area contributed by atoms with E-state index in [0.29, 0.717) is 37.0 Å². The summed E-state index contributed by atoms with van der Waals surface area (Å²) >= 11 is 0. The lowest BCUT2D eigenvalue weighted by Gasteiger charge is -2.17. The van der Waals surface area contributed by atoms with Crippen LogP contribution < -0.4 is 5.73 Å². The monoisotopic (exact) mass is 410 g/mol. The van der Waals surface area contributed by atoms with Gasteiger partial charge in [0.05, 0.1) is 11.4 Å². The van der Waals surface area contributed by atoms with Crippen molar-refractivity contribution in [3.8, 4) is 5.69 Å². The minimum absolute atomic E-state index is 0. The Kier molecular flexibility index (Phi) is 6.40. The van der Waals surface area contributed by atoms with Crippen molar-refractivity contribution >= 4 is 18.3 Å². The maximum absolute atomic E-state index is 13.1. The Hall–Kier alpha value is -2.63. The van der Waals surface area contributed by atoms with Crippen LogP contribution in [0.1, 0.15) is 33.2 Å². The van der Waals surface area contributed by atoms with Gasteiger partial charge in [0.25, 0.3) is 5.91 Å². The average Bonchev–Trinajstić information content (AvgIpc) is 3.31. The van der Waals surface area contributed by atoms with Gasteiger partial charge in [-0.25, -0.2) is 4.68 Å². The first-order chi connectivity index (χ1) is 13.6. The summed E-state index contributed by atoms with van der Waals surface area (Å²) in [6.45, 7) is 6.00. The minimum atomic E-state index is 0. The van der Waals surface area contributed by atoms with Crippen LogP contribution in [0.3, 0.4) is 0 Å². The molecule has 2 aromatic carbocycles. The molecular formula is C23H27ClN4O. The predicted octanol–water partition coefficient (Wildman–Crippen LogP) is 3.73. The third-order valence-corrected chi connectivity index (χ3v) is 5.63. The van der Waals surface area contributed by atoms with Crippen LogP contribution in [0.15, 0.2) is 60.7 Å². The number of hydrogen-bond acceptors (Lipinski definition) is 3. The van der Waals surface area contributed by atoms with E-state index >= 15 is 0 Å². The Bertz CT molecular complexity index is 968. The van der Waals surface area contributed by atoms with E-state index < -0.39 is 0 Å². The fraction of sp³-hybridized carbons (Fsp3) is 0.304. The topological polar surface area (TPSA) is 64.2 Å². The molecule has 0 unspecified atom stereocenters. The lowest BCUT2D eigenvalue weighted by atomic mass is 9.89. The van der Waals surface area contributed by atoms with Crippen molar-refractivity contribution in [2.45, 2.75) is 19.8 Å². The first-order valence-electron chi connectivity index (χ1n) is 9.75. The normalized spacial score (nSPS) is 18.5. The van der Waals surface area contributed by atoms with E-state index in [2.05, 4.69) is 17.2 Å². The van der Waals surface area contributed by atoms with Gasteiger partial charge < -0.3 is 10.6 Å². The predicted molar refractivity (Wildman–Crippen MR) is 118 cm³/mol. The number of amides is 1. The average molecular weight is 411 g/mol. The molecule has 2 heterocycles. The van der Waals surface area contributed by atoms with E-state index in [9.17, 15) is 4.79 Å². The van der Waals surface area contributed by atoms with E-state index in [1.807, 2.05) is 72.0 Å². The highest BCUT2D eigenvalue weighted by molar-refractivity contribution is 5.94. The molecule has 0 radical (unpaired) electrons. The van der Waals surface area contributed by atoms with Crippen LogP contribution in [0.25, 0.3) is 5.69 Å². The van der Waals surface area contributed by atoms with Crippen LogP contribution in [-0.4, -0.2) is 40.2 Å². The zero-order valence-electron chi connectivity index (χ0n) is 16.8. The number of likely N-dealkylation sites (tertiary alicyclic amines) is 1. The second-order valence-corrected chi connectivity index (χ2v) is 7.61. The molecule has 1 saturated heterocycles. The Morgan fingerprint density at radius 2 is 1.76 bits per heavy atom. The van der Waals surface area contributed by atoms with Gasteiger partial charge in [0.1, 0.15) is 0 Å². The van der Waals surface area contributed by atoms with Crippen molar-refractivity contribution < 1.29 is 4.79 Å². The zero-order valence-corrected chi connectivity index (χ0v) is 17.6. The van der Waals surface area contributed by atoms with Gasteiger partial charge in [-0.3, -0.25) is 4.79 Å². The summed E-state index contributed by atoms with van der Waals surface area (Å²) in [6.07, 6.45) is 0. The summed E-state index contributed by atoms with van der Waals surface area (Å²) in [6, 6.07) is 20.1. The molecule has 1 aliphatic heterocycles. The van der Waals surface area contributed by atoms with Crippen molar-refractivity contribution in [3.63, 3.8) is 0 Å². The standard InChI is InChI=1S/C23H26N4O.ClH/c1-16-12-17(2)27(25-16)21-10-8-19(9-11-21)23(28)26-14-20(13-24)22(15-26)18-6-4-3-5-7-18;/h3-12,20,22H,13-15,24H2,1-2H3;1H/t20-,22+;/m1./s1. The number of nitrogens with zero attached hydrogens (tertiary/aromatic N) is 3. The van der Waals surface area contributed by atoms with E-state index in [1.165, 1.54) is 5.56 Å². The molecule has 1 aromatic heterocycles. The molecule has 29 heavy (non-hydrogen) atoms. The first-order valence-corrected chi connectivity index (χ1v) is 9.75. The van der Waals surface area contributed by atoms with Crippen LogP contribution in [0.5, 0.6) is 0 Å². The Labute approximate surface area is 177 Å². The summed E-state index contributed by atoms with van der Waals surface area (Å²) in [5.74, 6) is 0.654. The number of hydrogen-bond donors (Lipinski definition) is 1. The van der Waals surface area contributed by atoms with Crippen molar-refractivity contribution in [2.75, 3.05) is 19.6 Å². The highest BCUT2D eigenvalue weighted by Gasteiger charge is 2.35. The quantitative estimate of drug-likeness (QED) is 0.712. The molecule has 6 heteroatoms. The molecule has 0 spiro atoms. The fourth-order valence-electron chi connectivity index (χ4n) is 4.17. The van der Waals surface area contributed by atoms with E-state index in [4.69, 9.17) is 5.73 Å². The van der Waals surface area contributed by atoms with Crippen molar-refractivity contribution in [1.82, 2.24) is 14.7 Å². The van der Waals surface area contributed by atoms with Gasteiger partial charge in [0.15, 0.2) is 0 Å². The number of rotatable bonds is 4. The molecule has 152 valence electrons. The van der Waals surface area contributed by atoms with Gasteiger partial charge in [-0.1, -0.05) is 30.3 Å². The second kappa shape index (κ2) is 8.80. The van der Waals surface area contributed by atoms with Gasteiger partial charge >= 0.3 is 0 Å². The van der Waals surface area contributed by atoms with Gasteiger partial charge in [-0.05, 0) is 62.2 Å². The lowest BCUT2D eigenvalue weighted by Crippen LogP contribution is -2.29. The number of aryl methyl sites for hydroxylation is 2. The number of nitrogens with two attached hydrogens (primary N) is 1. The van der Waals surface area contributed by atoms with Crippen LogP contribution in [0.4, 0.5) is 0 Å². The van der Waals surface area contributed by atoms with Crippen LogP contribution >= 0.6 is 12.4 Å². The molecule has 0 saturated carbocycles. The summed E-state index contributed by atoms with van der Waals surface area (Å²) in [4.78, 5) is 15.0. The van der Waals surface area contributed by atoms with Crippen molar-refractivity contribution in [2.24, 2.45) is 11.7 Å². The zero-order chi connectivity index (χ0) is 19.7. The van der Waals surface area contributed by atoms with Crippen LogP contribution in [-0.2, 0) is 0 Å². The van der Waals surface area contributed by atoms with E-state index in [-0.39, 0.29) is 18.3 Å². The summed E-state index contributed by atoms with van der Waals surface area (Å²) in [5, 5.41) is 4.50. The molecule has 0 bridgehead atoms. The molecule has 0 aliphatic carbocycles. The van der Waals surface area contributed by atoms with Crippen molar-refractivity contribution in [3.05, 3.63) is 83.2 Å². The molecule has 2 atom stereocenters. The Morgan fingerprint density at radius 3 is 2.34 bits per heavy atom. The van der Waals surface area contributed by atoms with Gasteiger partial charge in [-0.15, -0.1) is 12.4 Å². The highest BCUT2D eigenvalue weighted by atomic mass is 35.5. The smallest absolute Gasteiger partial charge is 0.253 e. The van der Waals surface area contributed by atoms with Gasteiger partial charge in [-0.2, -0.15) is 5.10 Å². The molecule has 1 aliphatic rings. The summed E-state index contributed by atoms with van der Waals surface area (Å²) < 4.78 is 1.90. The number of carbonyl (C=O) groups excluding carboxylic acids is 1. The maximum atomic E-state index is 13.1. The van der Waals surface area contributed by atoms with Crippen molar-refractivity contribution in [1.29, 1.82) is 0 Å². The van der Waals surface area contributed by atoms with Crippen LogP contribution in [0, 0.1) is 19.8 Å². The first kappa shape index (κ1) is 21.1. The molecule has 1 fully saturated rings. The van der Waals surface area contributed by atoms with Crippen LogP contribution in [0.2, 0.25) is 0 Å². The summed E-state index contributed by atoms with van der Waals surface area (Å²) in [7, 11) is 0. The van der Waals surface area contributed by atoms with E-state index in [1.54, 1.807) is 0 Å². The number of carbonyl (C=O) groups is 1. The third kappa shape index (κ3) is 4.21. The number of aromatic nitrogens is 2. The lowest BCUT2D eigenvalue weighted by molar-refractivity contribution is 0.0786. The minimum Gasteiger partial charge on any atom is -0.338 e. The molecule has 3 aromatic rings.